The standard InChI is InChI=1S/C18H22N2O/c1-13(19)18(14-7-9-17(21-2)10-8-14)20-11-15-5-3-4-6-16(15)12-20/h3-10,13,18H,11-12,19H2,1-2H3. The summed E-state index contributed by atoms with van der Waals surface area (Å²) in [4.78, 5) is 2.46. The first kappa shape index (κ1) is 14.1. The van der Waals surface area contributed by atoms with E-state index in [0.29, 0.717) is 0 Å². The first-order valence-electron chi connectivity index (χ1n) is 7.39. The van der Waals surface area contributed by atoms with Gasteiger partial charge in [-0.15, -0.1) is 0 Å². The van der Waals surface area contributed by atoms with E-state index in [9.17, 15) is 0 Å². The van der Waals surface area contributed by atoms with Gasteiger partial charge in [0.1, 0.15) is 5.75 Å². The predicted molar refractivity (Wildman–Crippen MR) is 85.1 cm³/mol. The number of hydrogen-bond acceptors (Lipinski definition) is 3. The highest BCUT2D eigenvalue weighted by Gasteiger charge is 2.29. The fraction of sp³-hybridized carbons (Fsp3) is 0.333. The largest absolute Gasteiger partial charge is 0.497 e. The molecule has 0 amide bonds. The lowest BCUT2D eigenvalue weighted by molar-refractivity contribution is 0.178. The van der Waals surface area contributed by atoms with Crippen LogP contribution < -0.4 is 10.5 Å². The number of nitrogens with zero attached hydrogens (tertiary/aromatic N) is 1. The normalized spacial score (nSPS) is 17.3. The summed E-state index contributed by atoms with van der Waals surface area (Å²) in [6, 6.07) is 17.2. The molecule has 110 valence electrons. The zero-order valence-electron chi connectivity index (χ0n) is 12.6. The molecule has 3 heteroatoms. The summed E-state index contributed by atoms with van der Waals surface area (Å²) in [5, 5.41) is 0. The Morgan fingerprint density at radius 3 is 2.05 bits per heavy atom. The van der Waals surface area contributed by atoms with Crippen LogP contribution in [0.15, 0.2) is 48.5 Å². The number of ether oxygens (including phenoxy) is 1. The topological polar surface area (TPSA) is 38.5 Å². The van der Waals surface area contributed by atoms with E-state index in [0.717, 1.165) is 18.8 Å². The molecule has 1 aliphatic heterocycles. The van der Waals surface area contributed by atoms with Crippen molar-refractivity contribution in [3.05, 3.63) is 65.2 Å². The maximum atomic E-state index is 6.28. The van der Waals surface area contributed by atoms with Gasteiger partial charge in [-0.05, 0) is 35.7 Å². The Labute approximate surface area is 126 Å². The van der Waals surface area contributed by atoms with Gasteiger partial charge in [0.15, 0.2) is 0 Å². The molecule has 1 heterocycles. The highest BCUT2D eigenvalue weighted by atomic mass is 16.5. The van der Waals surface area contributed by atoms with Gasteiger partial charge in [0.2, 0.25) is 0 Å². The Morgan fingerprint density at radius 2 is 1.57 bits per heavy atom. The van der Waals surface area contributed by atoms with Crippen LogP contribution in [0.1, 0.15) is 29.7 Å². The van der Waals surface area contributed by atoms with Crippen LogP contribution in [0.25, 0.3) is 0 Å². The lowest BCUT2D eigenvalue weighted by Crippen LogP contribution is -2.36. The van der Waals surface area contributed by atoms with Crippen molar-refractivity contribution in [2.75, 3.05) is 7.11 Å². The first-order valence-corrected chi connectivity index (χ1v) is 7.39. The van der Waals surface area contributed by atoms with Crippen molar-refractivity contribution in [2.45, 2.75) is 32.1 Å². The molecule has 2 atom stereocenters. The molecule has 3 rings (SSSR count). The van der Waals surface area contributed by atoms with Crippen LogP contribution in [0.2, 0.25) is 0 Å². The minimum absolute atomic E-state index is 0.0766. The minimum Gasteiger partial charge on any atom is -0.497 e. The Hall–Kier alpha value is -1.84. The lowest BCUT2D eigenvalue weighted by Gasteiger charge is -2.31. The van der Waals surface area contributed by atoms with Gasteiger partial charge in [0, 0.05) is 19.1 Å². The first-order chi connectivity index (χ1) is 10.2. The molecule has 0 saturated carbocycles. The quantitative estimate of drug-likeness (QED) is 0.936. The SMILES string of the molecule is COc1ccc(C(C(C)N)N2Cc3ccccc3C2)cc1. The third-order valence-corrected chi connectivity index (χ3v) is 4.21. The van der Waals surface area contributed by atoms with E-state index in [2.05, 4.69) is 48.2 Å². The summed E-state index contributed by atoms with van der Waals surface area (Å²) >= 11 is 0. The van der Waals surface area contributed by atoms with Gasteiger partial charge in [-0.25, -0.2) is 0 Å². The summed E-state index contributed by atoms with van der Waals surface area (Å²) < 4.78 is 5.24. The second-order valence-electron chi connectivity index (χ2n) is 5.75. The molecule has 0 radical (unpaired) electrons. The molecule has 0 saturated heterocycles. The lowest BCUT2D eigenvalue weighted by atomic mass is 9.99. The number of rotatable bonds is 4. The van der Waals surface area contributed by atoms with Crippen molar-refractivity contribution in [3.8, 4) is 5.75 Å². The molecule has 2 unspecified atom stereocenters. The average Bonchev–Trinajstić information content (AvgIpc) is 2.91. The van der Waals surface area contributed by atoms with Gasteiger partial charge in [-0.3, -0.25) is 4.90 Å². The van der Waals surface area contributed by atoms with Gasteiger partial charge in [-0.1, -0.05) is 36.4 Å². The third-order valence-electron chi connectivity index (χ3n) is 4.21. The Morgan fingerprint density at radius 1 is 1.00 bits per heavy atom. The van der Waals surface area contributed by atoms with Crippen LogP contribution in [0, 0.1) is 0 Å². The second-order valence-corrected chi connectivity index (χ2v) is 5.75. The third kappa shape index (κ3) is 2.80. The van der Waals surface area contributed by atoms with Crippen LogP contribution in [-0.2, 0) is 13.1 Å². The molecule has 0 fully saturated rings. The van der Waals surface area contributed by atoms with Gasteiger partial charge < -0.3 is 10.5 Å². The van der Waals surface area contributed by atoms with E-state index >= 15 is 0 Å². The number of nitrogens with two attached hydrogens (primary N) is 1. The average molecular weight is 282 g/mol. The van der Waals surface area contributed by atoms with Crippen molar-refractivity contribution in [1.29, 1.82) is 0 Å². The zero-order chi connectivity index (χ0) is 14.8. The second kappa shape index (κ2) is 5.88. The van der Waals surface area contributed by atoms with Crippen molar-refractivity contribution in [3.63, 3.8) is 0 Å². The maximum absolute atomic E-state index is 6.28. The van der Waals surface area contributed by atoms with Crippen LogP contribution in [0.4, 0.5) is 0 Å². The summed E-state index contributed by atoms with van der Waals surface area (Å²) in [5.74, 6) is 0.881. The number of methoxy groups -OCH3 is 1. The van der Waals surface area contributed by atoms with E-state index in [1.165, 1.54) is 16.7 Å². The summed E-state index contributed by atoms with van der Waals surface area (Å²) in [6.45, 7) is 4.01. The highest BCUT2D eigenvalue weighted by molar-refractivity contribution is 5.34. The van der Waals surface area contributed by atoms with Gasteiger partial charge in [-0.2, -0.15) is 0 Å². The molecular formula is C18H22N2O. The van der Waals surface area contributed by atoms with E-state index in [-0.39, 0.29) is 12.1 Å². The van der Waals surface area contributed by atoms with Crippen LogP contribution in [0.3, 0.4) is 0 Å². The Kier molecular flexibility index (Phi) is 3.95. The fourth-order valence-electron chi connectivity index (χ4n) is 3.20. The summed E-state index contributed by atoms with van der Waals surface area (Å²) in [7, 11) is 1.69. The monoisotopic (exact) mass is 282 g/mol. The molecule has 2 N–H and O–H groups in total. The molecule has 0 spiro atoms. The van der Waals surface area contributed by atoms with Crippen LogP contribution in [-0.4, -0.2) is 18.1 Å². The van der Waals surface area contributed by atoms with Crippen molar-refractivity contribution >= 4 is 0 Å². The minimum atomic E-state index is 0.0766. The van der Waals surface area contributed by atoms with Gasteiger partial charge in [0.05, 0.1) is 13.2 Å². The van der Waals surface area contributed by atoms with Gasteiger partial charge in [0.25, 0.3) is 0 Å². The van der Waals surface area contributed by atoms with E-state index in [1.54, 1.807) is 7.11 Å². The molecule has 1 aliphatic rings. The van der Waals surface area contributed by atoms with E-state index in [1.807, 2.05) is 12.1 Å². The van der Waals surface area contributed by atoms with Gasteiger partial charge >= 0.3 is 0 Å². The maximum Gasteiger partial charge on any atom is 0.118 e. The number of benzene rings is 2. The van der Waals surface area contributed by atoms with Crippen LogP contribution in [0.5, 0.6) is 5.75 Å². The molecule has 3 nitrogen and oxygen atoms in total. The van der Waals surface area contributed by atoms with E-state index in [4.69, 9.17) is 10.5 Å². The summed E-state index contributed by atoms with van der Waals surface area (Å²) in [6.07, 6.45) is 0. The van der Waals surface area contributed by atoms with Crippen LogP contribution >= 0.6 is 0 Å². The Balaban J connectivity index is 1.86. The fourth-order valence-corrected chi connectivity index (χ4v) is 3.20. The van der Waals surface area contributed by atoms with Crippen molar-refractivity contribution in [2.24, 2.45) is 5.73 Å². The molecule has 0 aliphatic carbocycles. The van der Waals surface area contributed by atoms with E-state index < -0.39 is 0 Å². The molecular weight excluding hydrogens is 260 g/mol. The zero-order valence-corrected chi connectivity index (χ0v) is 12.6. The Bertz CT molecular complexity index is 582. The predicted octanol–water partition coefficient (Wildman–Crippen LogP) is 3.10. The smallest absolute Gasteiger partial charge is 0.118 e. The highest BCUT2D eigenvalue weighted by Crippen LogP contribution is 2.33. The number of fused-ring (bicyclic) bond motifs is 1. The van der Waals surface area contributed by atoms with Crippen molar-refractivity contribution in [1.82, 2.24) is 4.90 Å². The molecule has 0 aromatic heterocycles. The van der Waals surface area contributed by atoms with Crippen molar-refractivity contribution < 1.29 is 4.74 Å². The molecule has 2 aromatic carbocycles. The molecule has 2 aromatic rings. The molecule has 21 heavy (non-hydrogen) atoms. The number of hydrogen-bond donors (Lipinski definition) is 1. The summed E-state index contributed by atoms with van der Waals surface area (Å²) in [5.41, 5.74) is 10.4. The molecule has 0 bridgehead atoms.